The molecule has 0 unspecified atom stereocenters. The van der Waals surface area contributed by atoms with Gasteiger partial charge in [-0.05, 0) is 70.3 Å². The lowest BCUT2D eigenvalue weighted by Crippen LogP contribution is -2.37. The monoisotopic (exact) mass is 515 g/mol. The first-order valence-corrected chi connectivity index (χ1v) is 14.0. The number of anilines is 1. The van der Waals surface area contributed by atoms with Gasteiger partial charge in [0.15, 0.2) is 5.82 Å². The van der Waals surface area contributed by atoms with Gasteiger partial charge in [0.05, 0.1) is 12.4 Å². The van der Waals surface area contributed by atoms with Gasteiger partial charge in [0.2, 0.25) is 5.95 Å². The number of nitrogens with zero attached hydrogens (tertiary/aromatic N) is 4. The van der Waals surface area contributed by atoms with Gasteiger partial charge in [0.1, 0.15) is 5.69 Å². The van der Waals surface area contributed by atoms with Gasteiger partial charge in [0, 0.05) is 36.9 Å². The lowest BCUT2D eigenvalue weighted by Gasteiger charge is -2.30. The van der Waals surface area contributed by atoms with E-state index >= 15 is 0 Å². The second-order valence-corrected chi connectivity index (χ2v) is 10.7. The molecule has 2 aromatic heterocycles. The summed E-state index contributed by atoms with van der Waals surface area (Å²) in [4.78, 5) is 19.2. The average molecular weight is 516 g/mol. The van der Waals surface area contributed by atoms with Crippen LogP contribution in [-0.2, 0) is 13.5 Å². The van der Waals surface area contributed by atoms with E-state index in [1.165, 1.54) is 38.3 Å². The third-order valence-corrected chi connectivity index (χ3v) is 7.61. The Hall–Kier alpha value is -2.75. The minimum Gasteiger partial charge on any atom is -0.465 e. The third kappa shape index (κ3) is 8.66. The maximum atomic E-state index is 14.7. The molecule has 1 amide bonds. The highest BCUT2D eigenvalue weighted by molar-refractivity contribution is 5.64. The summed E-state index contributed by atoms with van der Waals surface area (Å²) < 4.78 is 16.5. The van der Waals surface area contributed by atoms with Crippen molar-refractivity contribution in [2.24, 2.45) is 13.0 Å². The second kappa shape index (κ2) is 13.7. The molecule has 0 spiro atoms. The number of aromatic nitrogens is 4. The van der Waals surface area contributed by atoms with Crippen LogP contribution in [0.3, 0.4) is 0 Å². The smallest absolute Gasteiger partial charge is 0.404 e. The van der Waals surface area contributed by atoms with Crippen molar-refractivity contribution in [2.75, 3.05) is 18.4 Å². The molecule has 2 saturated carbocycles. The summed E-state index contributed by atoms with van der Waals surface area (Å²) in [6.45, 7) is 1.59. The predicted octanol–water partition coefficient (Wildman–Crippen LogP) is 4.89. The lowest BCUT2D eigenvalue weighted by molar-refractivity contribution is 0.194. The zero-order valence-corrected chi connectivity index (χ0v) is 22.0. The molecule has 2 aliphatic rings. The fourth-order valence-electron chi connectivity index (χ4n) is 5.21. The van der Waals surface area contributed by atoms with Crippen LogP contribution in [-0.4, -0.2) is 56.1 Å². The molecule has 9 nitrogen and oxygen atoms in total. The summed E-state index contributed by atoms with van der Waals surface area (Å²) in [5.74, 6) is 0.770. The van der Waals surface area contributed by atoms with E-state index in [-0.39, 0.29) is 0 Å². The number of carboxylic acid groups (broad SMARTS) is 1. The van der Waals surface area contributed by atoms with Gasteiger partial charge in [-0.15, -0.1) is 0 Å². The Morgan fingerprint density at radius 2 is 1.68 bits per heavy atom. The standard InChI is InChI=1S/C27H42FN7O2/c1-35-24(16-19-8-9-19)22(17-32-35)25-23(28)18-31-26(34-25)33-21-12-10-20(11-13-21)29-14-6-4-2-3-5-7-15-30-27(36)37/h17-21,29-30H,2-16H2,1H3,(H,36,37)(H,31,33,34)/t20-,21-. The van der Waals surface area contributed by atoms with Crippen LogP contribution in [0.15, 0.2) is 12.4 Å². The highest BCUT2D eigenvalue weighted by Gasteiger charge is 2.27. The number of nitrogens with one attached hydrogen (secondary N) is 3. The quantitative estimate of drug-likeness (QED) is 0.250. The molecule has 4 N–H and O–H groups in total. The van der Waals surface area contributed by atoms with Crippen molar-refractivity contribution in [1.29, 1.82) is 0 Å². The Bertz CT molecular complexity index is 1000. The number of amides is 1. The Labute approximate surface area is 219 Å². The van der Waals surface area contributed by atoms with Crippen molar-refractivity contribution < 1.29 is 14.3 Å². The molecule has 0 atom stereocenters. The zero-order valence-electron chi connectivity index (χ0n) is 22.0. The van der Waals surface area contributed by atoms with Gasteiger partial charge in [-0.25, -0.2) is 19.2 Å². The van der Waals surface area contributed by atoms with Gasteiger partial charge >= 0.3 is 6.09 Å². The van der Waals surface area contributed by atoms with E-state index in [0.29, 0.717) is 36.2 Å². The number of rotatable bonds is 15. The molecule has 37 heavy (non-hydrogen) atoms. The molecule has 4 rings (SSSR count). The largest absolute Gasteiger partial charge is 0.465 e. The van der Waals surface area contributed by atoms with Gasteiger partial charge in [0.25, 0.3) is 0 Å². The maximum Gasteiger partial charge on any atom is 0.404 e. The molecule has 0 aliphatic heterocycles. The summed E-state index contributed by atoms with van der Waals surface area (Å²) in [6.07, 6.45) is 16.5. The topological polar surface area (TPSA) is 117 Å². The molecular formula is C27H42FN7O2. The third-order valence-electron chi connectivity index (χ3n) is 7.61. The number of hydrogen-bond acceptors (Lipinski definition) is 6. The number of unbranched alkanes of at least 4 members (excludes halogenated alkanes) is 5. The van der Waals surface area contributed by atoms with Crippen molar-refractivity contribution in [3.63, 3.8) is 0 Å². The van der Waals surface area contributed by atoms with E-state index in [1.54, 1.807) is 6.20 Å². The second-order valence-electron chi connectivity index (χ2n) is 10.7. The first kappa shape index (κ1) is 27.3. The molecule has 0 aromatic carbocycles. The SMILES string of the molecule is Cn1ncc(-c2nc(N[C@H]3CC[C@H](NCCCCCCCCNC(=O)O)CC3)ncc2F)c1CC1CC1. The van der Waals surface area contributed by atoms with Crippen molar-refractivity contribution in [2.45, 2.75) is 95.6 Å². The molecule has 0 bridgehead atoms. The fraction of sp³-hybridized carbons (Fsp3) is 0.704. The summed E-state index contributed by atoms with van der Waals surface area (Å²) in [5, 5.41) is 22.5. The molecule has 0 radical (unpaired) electrons. The van der Waals surface area contributed by atoms with E-state index in [9.17, 15) is 9.18 Å². The van der Waals surface area contributed by atoms with Gasteiger partial charge < -0.3 is 21.1 Å². The molecule has 2 aliphatic carbocycles. The highest BCUT2D eigenvalue weighted by Crippen LogP contribution is 2.36. The van der Waals surface area contributed by atoms with Crippen LogP contribution >= 0.6 is 0 Å². The summed E-state index contributed by atoms with van der Waals surface area (Å²) in [7, 11) is 1.91. The average Bonchev–Trinajstić information content (AvgIpc) is 3.64. The lowest BCUT2D eigenvalue weighted by atomic mass is 9.91. The van der Waals surface area contributed by atoms with Crippen LogP contribution in [0.5, 0.6) is 0 Å². The summed E-state index contributed by atoms with van der Waals surface area (Å²) in [6, 6.07) is 0.844. The minimum atomic E-state index is -0.938. The normalized spacial score (nSPS) is 19.6. The van der Waals surface area contributed by atoms with Crippen LogP contribution in [0.25, 0.3) is 11.3 Å². The van der Waals surface area contributed by atoms with Gasteiger partial charge in [-0.2, -0.15) is 5.10 Å². The Morgan fingerprint density at radius 1 is 1.00 bits per heavy atom. The van der Waals surface area contributed by atoms with Gasteiger partial charge in [-0.3, -0.25) is 4.68 Å². The highest BCUT2D eigenvalue weighted by atomic mass is 19.1. The first-order chi connectivity index (χ1) is 18.0. The van der Waals surface area contributed by atoms with Crippen LogP contribution in [0.4, 0.5) is 15.1 Å². The molecule has 0 saturated heterocycles. The van der Waals surface area contributed by atoms with Crippen molar-refractivity contribution >= 4 is 12.0 Å². The summed E-state index contributed by atoms with van der Waals surface area (Å²) in [5.41, 5.74) is 2.17. The number of hydrogen-bond donors (Lipinski definition) is 4. The van der Waals surface area contributed by atoms with E-state index in [2.05, 4.69) is 31.0 Å². The molecule has 2 heterocycles. The van der Waals surface area contributed by atoms with Crippen LogP contribution < -0.4 is 16.0 Å². The Morgan fingerprint density at radius 3 is 2.38 bits per heavy atom. The van der Waals surface area contributed by atoms with E-state index < -0.39 is 11.9 Å². The van der Waals surface area contributed by atoms with Gasteiger partial charge in [-0.1, -0.05) is 25.7 Å². The van der Waals surface area contributed by atoms with Crippen molar-refractivity contribution in [1.82, 2.24) is 30.4 Å². The minimum absolute atomic E-state index is 0.298. The van der Waals surface area contributed by atoms with Crippen molar-refractivity contribution in [3.8, 4) is 11.3 Å². The van der Waals surface area contributed by atoms with Crippen molar-refractivity contribution in [3.05, 3.63) is 23.9 Å². The van der Waals surface area contributed by atoms with Crippen LogP contribution in [0.1, 0.15) is 82.7 Å². The zero-order chi connectivity index (χ0) is 26.0. The summed E-state index contributed by atoms with van der Waals surface area (Å²) >= 11 is 0. The molecule has 2 fully saturated rings. The molecular weight excluding hydrogens is 473 g/mol. The van der Waals surface area contributed by atoms with E-state index in [1.807, 2.05) is 11.7 Å². The van der Waals surface area contributed by atoms with E-state index in [4.69, 9.17) is 5.11 Å². The number of carbonyl (C=O) groups is 1. The molecule has 2 aromatic rings. The number of aryl methyl sites for hydroxylation is 1. The predicted molar refractivity (Wildman–Crippen MR) is 142 cm³/mol. The first-order valence-electron chi connectivity index (χ1n) is 14.0. The molecule has 204 valence electrons. The molecule has 10 heteroatoms. The number of halogens is 1. The fourth-order valence-corrected chi connectivity index (χ4v) is 5.21. The van der Waals surface area contributed by atoms with Crippen LogP contribution in [0.2, 0.25) is 0 Å². The van der Waals surface area contributed by atoms with Crippen LogP contribution in [0, 0.1) is 11.7 Å². The van der Waals surface area contributed by atoms with E-state index in [0.717, 1.165) is 69.2 Å². The Balaban J connectivity index is 1.14. The Kier molecular flexibility index (Phi) is 10.1. The maximum absolute atomic E-state index is 14.7.